The van der Waals surface area contributed by atoms with Gasteiger partial charge in [0, 0.05) is 5.56 Å². The van der Waals surface area contributed by atoms with Gasteiger partial charge in [0.15, 0.2) is 0 Å². The fourth-order valence-corrected chi connectivity index (χ4v) is 4.53. The van der Waals surface area contributed by atoms with Crippen LogP contribution in [0, 0.1) is 11.6 Å². The highest BCUT2D eigenvalue weighted by Gasteiger charge is 2.21. The summed E-state index contributed by atoms with van der Waals surface area (Å²) in [5.41, 5.74) is 3.83. The molecule has 0 aromatic heterocycles. The SMILES string of the molecule is C[C@@H](Cc1c(F)cc(-c2ccc(C3CCC(O)CC3)cc2)cc1F)c1ccccc1. The van der Waals surface area contributed by atoms with E-state index >= 15 is 0 Å². The van der Waals surface area contributed by atoms with Crippen LogP contribution in [0.25, 0.3) is 11.1 Å². The first-order valence-electron chi connectivity index (χ1n) is 10.8. The molecule has 0 heterocycles. The highest BCUT2D eigenvalue weighted by molar-refractivity contribution is 5.64. The molecule has 1 nitrogen and oxygen atoms in total. The molecule has 1 fully saturated rings. The van der Waals surface area contributed by atoms with E-state index in [1.54, 1.807) is 0 Å². The van der Waals surface area contributed by atoms with Crippen LogP contribution in [0.2, 0.25) is 0 Å². The third-order valence-corrected chi connectivity index (χ3v) is 6.43. The van der Waals surface area contributed by atoms with Gasteiger partial charge in [0.2, 0.25) is 0 Å². The van der Waals surface area contributed by atoms with Crippen molar-refractivity contribution >= 4 is 0 Å². The van der Waals surface area contributed by atoms with Gasteiger partial charge in [0.05, 0.1) is 6.10 Å². The molecule has 0 saturated heterocycles. The molecule has 1 saturated carbocycles. The monoisotopic (exact) mass is 406 g/mol. The standard InChI is InChI=1S/C27H28F2O/c1-18(19-5-3-2-4-6-19)15-25-26(28)16-23(17-27(25)29)22-9-7-20(8-10-22)21-11-13-24(30)14-12-21/h2-10,16-18,21,24,30H,11-15H2,1H3/t18-,21?,24?/m0/s1. The average molecular weight is 407 g/mol. The molecule has 3 aromatic rings. The van der Waals surface area contributed by atoms with Gasteiger partial charge in [-0.2, -0.15) is 0 Å². The Morgan fingerprint density at radius 3 is 2.03 bits per heavy atom. The minimum absolute atomic E-state index is 0.0364. The topological polar surface area (TPSA) is 20.2 Å². The molecule has 3 heteroatoms. The molecule has 1 atom stereocenters. The summed E-state index contributed by atoms with van der Waals surface area (Å²) in [6.45, 7) is 1.99. The number of aliphatic hydroxyl groups is 1. The zero-order valence-corrected chi connectivity index (χ0v) is 17.3. The van der Waals surface area contributed by atoms with Crippen LogP contribution in [0.15, 0.2) is 66.7 Å². The van der Waals surface area contributed by atoms with E-state index in [1.165, 1.54) is 17.7 Å². The first-order chi connectivity index (χ1) is 14.5. The third-order valence-electron chi connectivity index (χ3n) is 6.43. The van der Waals surface area contributed by atoms with Gasteiger partial charge < -0.3 is 5.11 Å². The Kier molecular flexibility index (Phi) is 6.29. The molecular formula is C27H28F2O. The number of hydrogen-bond donors (Lipinski definition) is 1. The van der Waals surface area contributed by atoms with Crippen LogP contribution < -0.4 is 0 Å². The average Bonchev–Trinajstić information content (AvgIpc) is 2.77. The Hall–Kier alpha value is -2.52. The second kappa shape index (κ2) is 9.09. The summed E-state index contributed by atoms with van der Waals surface area (Å²) in [5.74, 6) is -0.483. The molecule has 4 rings (SSSR count). The van der Waals surface area contributed by atoms with E-state index in [0.717, 1.165) is 36.8 Å². The zero-order chi connectivity index (χ0) is 21.1. The van der Waals surface area contributed by atoms with E-state index in [4.69, 9.17) is 0 Å². The molecule has 0 spiro atoms. The molecule has 0 radical (unpaired) electrons. The molecule has 3 aromatic carbocycles. The molecule has 30 heavy (non-hydrogen) atoms. The quantitative estimate of drug-likeness (QED) is 0.484. The van der Waals surface area contributed by atoms with Crippen molar-refractivity contribution in [2.45, 2.75) is 57.0 Å². The summed E-state index contributed by atoms with van der Waals surface area (Å²) in [6.07, 6.45) is 3.80. The lowest BCUT2D eigenvalue weighted by molar-refractivity contribution is 0.122. The maximum absolute atomic E-state index is 14.8. The van der Waals surface area contributed by atoms with Gasteiger partial charge in [0.25, 0.3) is 0 Å². The summed E-state index contributed by atoms with van der Waals surface area (Å²) in [6, 6.07) is 20.7. The highest BCUT2D eigenvalue weighted by Crippen LogP contribution is 2.34. The zero-order valence-electron chi connectivity index (χ0n) is 17.3. The van der Waals surface area contributed by atoms with Crippen LogP contribution in [0.3, 0.4) is 0 Å². The van der Waals surface area contributed by atoms with Crippen molar-refractivity contribution in [2.75, 3.05) is 0 Å². The Morgan fingerprint density at radius 1 is 0.833 bits per heavy atom. The lowest BCUT2D eigenvalue weighted by atomic mass is 9.82. The van der Waals surface area contributed by atoms with E-state index < -0.39 is 11.6 Å². The number of hydrogen-bond acceptors (Lipinski definition) is 1. The van der Waals surface area contributed by atoms with E-state index in [1.807, 2.05) is 49.4 Å². The van der Waals surface area contributed by atoms with Gasteiger partial charge in [-0.3, -0.25) is 0 Å². The van der Waals surface area contributed by atoms with Gasteiger partial charge >= 0.3 is 0 Å². The van der Waals surface area contributed by atoms with Gasteiger partial charge in [0.1, 0.15) is 11.6 Å². The van der Waals surface area contributed by atoms with Crippen LogP contribution in [0.1, 0.15) is 61.1 Å². The van der Waals surface area contributed by atoms with Gasteiger partial charge in [-0.1, -0.05) is 61.5 Å². The van der Waals surface area contributed by atoms with Crippen molar-refractivity contribution in [2.24, 2.45) is 0 Å². The molecule has 0 unspecified atom stereocenters. The van der Waals surface area contributed by atoms with Crippen molar-refractivity contribution in [3.8, 4) is 11.1 Å². The minimum atomic E-state index is -0.488. The van der Waals surface area contributed by atoms with Crippen LogP contribution in [-0.4, -0.2) is 11.2 Å². The second-order valence-corrected chi connectivity index (χ2v) is 8.56. The maximum Gasteiger partial charge on any atom is 0.129 e. The minimum Gasteiger partial charge on any atom is -0.393 e. The Bertz CT molecular complexity index is 950. The predicted octanol–water partition coefficient (Wildman–Crippen LogP) is 7.00. The largest absolute Gasteiger partial charge is 0.393 e. The first-order valence-corrected chi connectivity index (χ1v) is 10.8. The van der Waals surface area contributed by atoms with Crippen LogP contribution in [-0.2, 0) is 6.42 Å². The lowest BCUT2D eigenvalue weighted by Crippen LogP contribution is -2.16. The Balaban J connectivity index is 1.51. The van der Waals surface area contributed by atoms with Crippen LogP contribution in [0.5, 0.6) is 0 Å². The molecule has 156 valence electrons. The van der Waals surface area contributed by atoms with E-state index in [0.29, 0.717) is 17.9 Å². The number of aliphatic hydroxyl groups excluding tert-OH is 1. The summed E-state index contributed by atoms with van der Waals surface area (Å²) >= 11 is 0. The number of benzene rings is 3. The molecule has 1 aliphatic rings. The predicted molar refractivity (Wildman–Crippen MR) is 118 cm³/mol. The molecule has 0 bridgehead atoms. The van der Waals surface area contributed by atoms with Crippen molar-refractivity contribution < 1.29 is 13.9 Å². The number of rotatable bonds is 5. The van der Waals surface area contributed by atoms with E-state index in [-0.39, 0.29) is 17.6 Å². The van der Waals surface area contributed by atoms with Crippen LogP contribution in [0.4, 0.5) is 8.78 Å². The third kappa shape index (κ3) is 4.62. The summed E-state index contributed by atoms with van der Waals surface area (Å²) < 4.78 is 29.6. The van der Waals surface area contributed by atoms with Gasteiger partial charge in [-0.15, -0.1) is 0 Å². The van der Waals surface area contributed by atoms with Crippen LogP contribution >= 0.6 is 0 Å². The number of halogens is 2. The summed E-state index contributed by atoms with van der Waals surface area (Å²) in [7, 11) is 0. The fourth-order valence-electron chi connectivity index (χ4n) is 4.53. The van der Waals surface area contributed by atoms with Crippen molar-refractivity contribution in [3.05, 3.63) is 95.1 Å². The van der Waals surface area contributed by atoms with Crippen molar-refractivity contribution in [1.29, 1.82) is 0 Å². The van der Waals surface area contributed by atoms with Crippen molar-refractivity contribution in [3.63, 3.8) is 0 Å². The molecule has 1 N–H and O–H groups in total. The second-order valence-electron chi connectivity index (χ2n) is 8.56. The first kappa shape index (κ1) is 20.7. The lowest BCUT2D eigenvalue weighted by Gasteiger charge is -2.25. The van der Waals surface area contributed by atoms with Crippen molar-refractivity contribution in [1.82, 2.24) is 0 Å². The Labute approximate surface area is 177 Å². The molecular weight excluding hydrogens is 378 g/mol. The maximum atomic E-state index is 14.8. The highest BCUT2D eigenvalue weighted by atomic mass is 19.1. The fraction of sp³-hybridized carbons (Fsp3) is 0.333. The summed E-state index contributed by atoms with van der Waals surface area (Å²) in [4.78, 5) is 0. The molecule has 0 aliphatic heterocycles. The van der Waals surface area contributed by atoms with Gasteiger partial charge in [-0.25, -0.2) is 8.78 Å². The molecule has 0 amide bonds. The smallest absolute Gasteiger partial charge is 0.129 e. The Morgan fingerprint density at radius 2 is 1.43 bits per heavy atom. The normalized spacial score (nSPS) is 20.1. The van der Waals surface area contributed by atoms with Gasteiger partial charge in [-0.05, 0) is 78.3 Å². The molecule has 1 aliphatic carbocycles. The summed E-state index contributed by atoms with van der Waals surface area (Å²) in [5, 5.41) is 9.69. The van der Waals surface area contributed by atoms with E-state index in [9.17, 15) is 13.9 Å². The van der Waals surface area contributed by atoms with E-state index in [2.05, 4.69) is 12.1 Å².